The number of rotatable bonds is 2. The highest BCUT2D eigenvalue weighted by Crippen LogP contribution is 2.84. The van der Waals surface area contributed by atoms with Crippen LogP contribution < -0.4 is 0 Å². The fraction of sp³-hybridized carbons (Fsp3) is 0.0588. The molecule has 6 aromatic rings. The molecule has 0 fully saturated rings. The molecule has 204 valence electrons. The Balaban J connectivity index is 1.37. The lowest BCUT2D eigenvalue weighted by Crippen LogP contribution is -2.39. The van der Waals surface area contributed by atoms with Gasteiger partial charge in [0.05, 0.1) is 0 Å². The van der Waals surface area contributed by atoms with Crippen LogP contribution in [0.25, 0.3) is 33.4 Å². The predicted octanol–water partition coefficient (Wildman–Crippen LogP) is 11.3. The van der Waals surface area contributed by atoms with E-state index in [-0.39, 0.29) is 19.7 Å². The zero-order valence-electron chi connectivity index (χ0n) is 21.7. The molecule has 2 aromatic heterocycles. The highest BCUT2D eigenvalue weighted by Gasteiger charge is 2.67. The lowest BCUT2D eigenvalue weighted by Gasteiger charge is -2.46. The van der Waals surface area contributed by atoms with Crippen LogP contribution in [0.4, 0.5) is 0 Å². The number of phenolic OH excluding ortho intramolecular Hbond substituents is 2. The average Bonchev–Trinajstić information content (AvgIpc) is 3.79. The minimum absolute atomic E-state index is 0.271. The van der Waals surface area contributed by atoms with Gasteiger partial charge < -0.3 is 10.2 Å². The Morgan fingerprint density at radius 3 is 1.10 bits per heavy atom. The number of aromatic hydroxyl groups is 2. The summed E-state index contributed by atoms with van der Waals surface area (Å²) in [4.78, 5) is 8.12. The van der Waals surface area contributed by atoms with Crippen molar-refractivity contribution in [1.29, 1.82) is 0 Å². The first-order valence-electron chi connectivity index (χ1n) is 13.3. The Labute approximate surface area is 268 Å². The van der Waals surface area contributed by atoms with E-state index in [1.807, 2.05) is 94.0 Å². The first-order valence-corrected chi connectivity index (χ1v) is 18.4. The Morgan fingerprint density at radius 2 is 0.762 bits per heavy atom. The van der Waals surface area contributed by atoms with Gasteiger partial charge in [-0.05, 0) is 70.4 Å². The molecule has 2 N–H and O–H groups in total. The molecule has 2 spiro atoms. The van der Waals surface area contributed by atoms with Crippen LogP contribution in [0.5, 0.6) is 11.5 Å². The van der Waals surface area contributed by atoms with Crippen molar-refractivity contribution < 1.29 is 10.2 Å². The Morgan fingerprint density at radius 1 is 0.429 bits per heavy atom. The summed E-state index contributed by atoms with van der Waals surface area (Å²) in [6.45, 7) is 0. The van der Waals surface area contributed by atoms with Gasteiger partial charge in [0.1, 0.15) is 19.7 Å². The molecular formula is C34H20O2S6. The summed E-state index contributed by atoms with van der Waals surface area (Å²) < 4.78 is -0.575. The zero-order chi connectivity index (χ0) is 28.1. The van der Waals surface area contributed by atoms with E-state index in [1.54, 1.807) is 24.3 Å². The third-order valence-corrected chi connectivity index (χ3v) is 17.9. The van der Waals surface area contributed by atoms with Crippen molar-refractivity contribution in [3.63, 3.8) is 0 Å². The second-order valence-electron chi connectivity index (χ2n) is 10.3. The number of hydrogen-bond acceptors (Lipinski definition) is 8. The van der Waals surface area contributed by atoms with Crippen molar-refractivity contribution in [3.05, 3.63) is 118 Å². The van der Waals surface area contributed by atoms with Gasteiger partial charge in [0.2, 0.25) is 0 Å². The van der Waals surface area contributed by atoms with E-state index >= 15 is 0 Å². The van der Waals surface area contributed by atoms with E-state index in [2.05, 4.69) is 59.3 Å². The SMILES string of the molecule is Oc1ccc(-c2csc3c2-c2c(-c4ccc(O)cc4)csc2C2(Sc4ccccc4S2)C32Sc3ccccc3S2)cc1. The first-order chi connectivity index (χ1) is 20.6. The molecule has 1 aliphatic carbocycles. The fourth-order valence-corrected chi connectivity index (χ4v) is 16.8. The average molecular weight is 653 g/mol. The van der Waals surface area contributed by atoms with Crippen LogP contribution >= 0.6 is 69.7 Å². The van der Waals surface area contributed by atoms with E-state index in [1.165, 1.54) is 51.6 Å². The number of fused-ring (bicyclic) bond motifs is 8. The maximum absolute atomic E-state index is 10.1. The van der Waals surface area contributed by atoms with Crippen LogP contribution in [-0.2, 0) is 8.16 Å². The second kappa shape index (κ2) is 9.39. The topological polar surface area (TPSA) is 40.5 Å². The summed E-state index contributed by atoms with van der Waals surface area (Å²) in [7, 11) is 0. The molecule has 0 amide bonds. The van der Waals surface area contributed by atoms with Crippen molar-refractivity contribution in [1.82, 2.24) is 0 Å². The monoisotopic (exact) mass is 652 g/mol. The maximum Gasteiger partial charge on any atom is 0.134 e. The van der Waals surface area contributed by atoms with Crippen LogP contribution in [0.3, 0.4) is 0 Å². The number of thioether (sulfide) groups is 4. The minimum atomic E-state index is -0.287. The van der Waals surface area contributed by atoms with Crippen LogP contribution in [0, 0.1) is 0 Å². The lowest BCUT2D eigenvalue weighted by molar-refractivity contribution is 0.475. The highest BCUT2D eigenvalue weighted by atomic mass is 32.2. The van der Waals surface area contributed by atoms with Gasteiger partial charge in [-0.25, -0.2) is 0 Å². The second-order valence-corrected chi connectivity index (χ2v) is 17.6. The normalized spacial score (nSPS) is 16.8. The fourth-order valence-electron chi connectivity index (χ4n) is 6.06. The van der Waals surface area contributed by atoms with Gasteiger partial charge in [-0.2, -0.15) is 0 Å². The van der Waals surface area contributed by atoms with E-state index in [9.17, 15) is 10.2 Å². The number of benzene rings is 4. The van der Waals surface area contributed by atoms with Crippen LogP contribution in [0.15, 0.2) is 127 Å². The maximum atomic E-state index is 10.1. The summed E-state index contributed by atoms with van der Waals surface area (Å²) in [5.41, 5.74) is 7.19. The van der Waals surface area contributed by atoms with E-state index < -0.39 is 0 Å². The summed E-state index contributed by atoms with van der Waals surface area (Å²) in [6.07, 6.45) is 0. The van der Waals surface area contributed by atoms with E-state index in [0.29, 0.717) is 0 Å². The standard InChI is InChI=1S/C34H20O2S6/c35-21-13-9-19(10-14-21)23-17-37-31-29(23)30-24(20-11-15-22(36)16-12-20)18-38-32(30)34(41-27-7-3-4-8-28(27)42-34)33(31)39-25-5-1-2-6-26(25)40-33/h1-18,35-36H. The molecular weight excluding hydrogens is 633 g/mol. The molecule has 0 saturated heterocycles. The lowest BCUT2D eigenvalue weighted by atomic mass is 9.86. The van der Waals surface area contributed by atoms with Crippen molar-refractivity contribution in [2.24, 2.45) is 0 Å². The smallest absolute Gasteiger partial charge is 0.134 e. The molecule has 0 unspecified atom stereocenters. The van der Waals surface area contributed by atoms with Crippen LogP contribution in [0.2, 0.25) is 0 Å². The molecule has 2 nitrogen and oxygen atoms in total. The largest absolute Gasteiger partial charge is 0.508 e. The van der Waals surface area contributed by atoms with Gasteiger partial charge in [-0.3, -0.25) is 0 Å². The van der Waals surface area contributed by atoms with E-state index in [4.69, 9.17) is 0 Å². The van der Waals surface area contributed by atoms with E-state index in [0.717, 1.165) is 11.1 Å². The Bertz CT molecular complexity index is 1830. The van der Waals surface area contributed by atoms with Gasteiger partial charge in [0.25, 0.3) is 0 Å². The van der Waals surface area contributed by atoms with Gasteiger partial charge in [-0.1, -0.05) is 95.6 Å². The quantitative estimate of drug-likeness (QED) is 0.194. The van der Waals surface area contributed by atoms with Gasteiger partial charge in [0.15, 0.2) is 0 Å². The van der Waals surface area contributed by atoms with Gasteiger partial charge in [0, 0.05) is 51.6 Å². The molecule has 3 aliphatic rings. The molecule has 0 bridgehead atoms. The summed E-state index contributed by atoms with van der Waals surface area (Å²) in [5, 5.41) is 24.8. The third kappa shape index (κ3) is 3.51. The summed E-state index contributed by atoms with van der Waals surface area (Å²) in [5.74, 6) is 0.543. The van der Waals surface area contributed by atoms with Gasteiger partial charge >= 0.3 is 0 Å². The molecule has 0 radical (unpaired) electrons. The minimum Gasteiger partial charge on any atom is -0.508 e. The molecule has 8 heteroatoms. The van der Waals surface area contributed by atoms with Crippen molar-refractivity contribution >= 4 is 69.7 Å². The molecule has 0 atom stereocenters. The van der Waals surface area contributed by atoms with Crippen LogP contribution in [0.1, 0.15) is 9.75 Å². The summed E-state index contributed by atoms with van der Waals surface area (Å²) in [6, 6.07) is 32.9. The molecule has 42 heavy (non-hydrogen) atoms. The molecule has 4 aromatic carbocycles. The number of phenols is 2. The first kappa shape index (κ1) is 25.7. The molecule has 9 rings (SSSR count). The zero-order valence-corrected chi connectivity index (χ0v) is 26.6. The third-order valence-electron chi connectivity index (χ3n) is 7.93. The molecule has 0 saturated carbocycles. The Hall–Kier alpha value is -2.72. The van der Waals surface area contributed by atoms with Crippen molar-refractivity contribution in [2.45, 2.75) is 27.7 Å². The number of hydrogen-bond donors (Lipinski definition) is 2. The van der Waals surface area contributed by atoms with Crippen LogP contribution in [-0.4, -0.2) is 10.2 Å². The molecule has 2 aliphatic heterocycles. The Kier molecular flexibility index (Phi) is 5.76. The molecule has 4 heterocycles. The predicted molar refractivity (Wildman–Crippen MR) is 182 cm³/mol. The summed E-state index contributed by atoms with van der Waals surface area (Å²) >= 11 is 11.8. The van der Waals surface area contributed by atoms with Crippen molar-refractivity contribution in [3.8, 4) is 44.9 Å². The van der Waals surface area contributed by atoms with Crippen molar-refractivity contribution in [2.75, 3.05) is 0 Å². The van der Waals surface area contributed by atoms with Gasteiger partial charge in [-0.15, -0.1) is 22.7 Å². The number of thiophene rings is 2. The highest BCUT2D eigenvalue weighted by molar-refractivity contribution is 8.26.